The maximum Gasteiger partial charge on any atom is 0.300 e. The first-order valence-corrected chi connectivity index (χ1v) is 6.47. The van der Waals surface area contributed by atoms with E-state index in [2.05, 4.69) is 0 Å². The highest BCUT2D eigenvalue weighted by atomic mass is 35.7. The number of nitrogens with zero attached hydrogens (tertiary/aromatic N) is 1. The molecule has 78 valence electrons. The van der Waals surface area contributed by atoms with Crippen LogP contribution in [0.5, 0.6) is 0 Å². The number of piperidine rings is 1. The highest BCUT2D eigenvalue weighted by molar-refractivity contribution is 8.11. The van der Waals surface area contributed by atoms with Crippen molar-refractivity contribution in [1.82, 2.24) is 4.31 Å². The van der Waals surface area contributed by atoms with Gasteiger partial charge < -0.3 is 4.74 Å². The molecular weight excluding hydrogens is 214 g/mol. The van der Waals surface area contributed by atoms with E-state index < -0.39 is 9.24 Å². The number of hydrogen-bond acceptors (Lipinski definition) is 3. The first kappa shape index (κ1) is 11.2. The van der Waals surface area contributed by atoms with Gasteiger partial charge in [-0.25, -0.2) is 0 Å². The van der Waals surface area contributed by atoms with Gasteiger partial charge in [0.15, 0.2) is 0 Å². The molecule has 0 saturated carbocycles. The zero-order valence-electron chi connectivity index (χ0n) is 7.73. The third-order valence-corrected chi connectivity index (χ3v) is 4.05. The maximum absolute atomic E-state index is 11.1. The lowest BCUT2D eigenvalue weighted by Crippen LogP contribution is -2.48. The van der Waals surface area contributed by atoms with E-state index in [1.165, 1.54) is 4.31 Å². The van der Waals surface area contributed by atoms with Crippen LogP contribution in [0.3, 0.4) is 0 Å². The number of methoxy groups -OCH3 is 1. The normalized spacial score (nSPS) is 31.9. The van der Waals surface area contributed by atoms with Gasteiger partial charge in [-0.05, 0) is 19.8 Å². The summed E-state index contributed by atoms with van der Waals surface area (Å²) in [5, 5.41) is 0. The lowest BCUT2D eigenvalue weighted by molar-refractivity contribution is 0.0210. The van der Waals surface area contributed by atoms with Crippen molar-refractivity contribution in [2.75, 3.05) is 13.7 Å². The van der Waals surface area contributed by atoms with E-state index >= 15 is 0 Å². The summed E-state index contributed by atoms with van der Waals surface area (Å²) in [6.07, 6.45) is 1.65. The topological polar surface area (TPSA) is 46.6 Å². The molecule has 1 heterocycles. The molecule has 0 radical (unpaired) electrons. The predicted octanol–water partition coefficient (Wildman–Crippen LogP) is 0.969. The van der Waals surface area contributed by atoms with Crippen molar-refractivity contribution in [2.24, 2.45) is 0 Å². The van der Waals surface area contributed by atoms with Crippen LogP contribution in [0.2, 0.25) is 0 Å². The van der Waals surface area contributed by atoms with Crippen molar-refractivity contribution in [1.29, 1.82) is 0 Å². The third kappa shape index (κ3) is 2.56. The first-order valence-electron chi connectivity index (χ1n) is 4.21. The monoisotopic (exact) mass is 227 g/mol. The number of ether oxygens (including phenoxy) is 1. The van der Waals surface area contributed by atoms with Gasteiger partial charge in [0.25, 0.3) is 9.24 Å². The fourth-order valence-electron chi connectivity index (χ4n) is 1.70. The first-order chi connectivity index (χ1) is 5.96. The summed E-state index contributed by atoms with van der Waals surface area (Å²) in [7, 11) is 3.27. The van der Waals surface area contributed by atoms with Crippen molar-refractivity contribution in [3.05, 3.63) is 0 Å². The molecule has 0 aliphatic carbocycles. The lowest BCUT2D eigenvalue weighted by Gasteiger charge is -2.35. The Bertz CT molecular complexity index is 267. The second-order valence-corrected chi connectivity index (χ2v) is 5.67. The summed E-state index contributed by atoms with van der Waals surface area (Å²) in [6.45, 7) is 2.31. The van der Waals surface area contributed by atoms with Gasteiger partial charge in [0.05, 0.1) is 6.10 Å². The van der Waals surface area contributed by atoms with Crippen LogP contribution >= 0.6 is 10.7 Å². The van der Waals surface area contributed by atoms with E-state index in [0.717, 1.165) is 12.8 Å². The summed E-state index contributed by atoms with van der Waals surface area (Å²) < 4.78 is 28.6. The second-order valence-electron chi connectivity index (χ2n) is 3.21. The molecule has 0 aromatic heterocycles. The van der Waals surface area contributed by atoms with Gasteiger partial charge in [0.1, 0.15) is 0 Å². The molecule has 0 N–H and O–H groups in total. The van der Waals surface area contributed by atoms with Crippen LogP contribution in [0.4, 0.5) is 0 Å². The van der Waals surface area contributed by atoms with Gasteiger partial charge in [0.2, 0.25) is 0 Å². The smallest absolute Gasteiger partial charge is 0.300 e. The Morgan fingerprint density at radius 1 is 1.54 bits per heavy atom. The minimum Gasteiger partial charge on any atom is -0.380 e. The molecule has 0 spiro atoms. The molecule has 4 nitrogen and oxygen atoms in total. The number of hydrogen-bond donors (Lipinski definition) is 0. The molecular formula is C7H14ClNO3S. The molecule has 0 unspecified atom stereocenters. The molecule has 1 rings (SSSR count). The van der Waals surface area contributed by atoms with Gasteiger partial charge in [-0.3, -0.25) is 0 Å². The Morgan fingerprint density at radius 3 is 2.62 bits per heavy atom. The highest BCUT2D eigenvalue weighted by Crippen LogP contribution is 2.24. The Kier molecular flexibility index (Phi) is 3.57. The zero-order valence-corrected chi connectivity index (χ0v) is 9.31. The van der Waals surface area contributed by atoms with Crippen molar-refractivity contribution >= 4 is 19.9 Å². The summed E-state index contributed by atoms with van der Waals surface area (Å²) in [4.78, 5) is 0. The van der Waals surface area contributed by atoms with Crippen molar-refractivity contribution in [2.45, 2.75) is 31.9 Å². The molecule has 6 heteroatoms. The highest BCUT2D eigenvalue weighted by Gasteiger charge is 2.34. The Hall–Kier alpha value is 0.160. The van der Waals surface area contributed by atoms with E-state index in [-0.39, 0.29) is 12.1 Å². The second kappa shape index (κ2) is 4.13. The van der Waals surface area contributed by atoms with Crippen LogP contribution in [0, 0.1) is 0 Å². The molecule has 1 aliphatic rings. The Morgan fingerprint density at radius 2 is 2.15 bits per heavy atom. The quantitative estimate of drug-likeness (QED) is 0.661. The molecule has 1 saturated heterocycles. The third-order valence-electron chi connectivity index (χ3n) is 2.44. The van der Waals surface area contributed by atoms with Crippen LogP contribution in [-0.4, -0.2) is 38.5 Å². The maximum atomic E-state index is 11.1. The minimum atomic E-state index is -3.59. The fourth-order valence-corrected chi connectivity index (χ4v) is 3.17. The van der Waals surface area contributed by atoms with E-state index in [4.69, 9.17) is 15.4 Å². The van der Waals surface area contributed by atoms with Crippen LogP contribution in [0.25, 0.3) is 0 Å². The van der Waals surface area contributed by atoms with Gasteiger partial charge in [-0.1, -0.05) is 0 Å². The van der Waals surface area contributed by atoms with Crippen molar-refractivity contribution < 1.29 is 13.2 Å². The molecule has 1 aliphatic heterocycles. The molecule has 0 aromatic rings. The Labute approximate surface area is 83.4 Å². The van der Waals surface area contributed by atoms with Crippen LogP contribution < -0.4 is 0 Å². The zero-order chi connectivity index (χ0) is 10.1. The molecule has 1 fully saturated rings. The van der Waals surface area contributed by atoms with Crippen molar-refractivity contribution in [3.63, 3.8) is 0 Å². The number of rotatable bonds is 2. The van der Waals surface area contributed by atoms with Gasteiger partial charge in [-0.15, -0.1) is 0 Å². The average molecular weight is 228 g/mol. The molecule has 2 atom stereocenters. The Balaban J connectivity index is 2.77. The van der Waals surface area contributed by atoms with E-state index in [1.54, 1.807) is 7.11 Å². The summed E-state index contributed by atoms with van der Waals surface area (Å²) in [6, 6.07) is -0.166. The largest absolute Gasteiger partial charge is 0.380 e. The van der Waals surface area contributed by atoms with E-state index in [0.29, 0.717) is 6.54 Å². The summed E-state index contributed by atoms with van der Waals surface area (Å²) in [5.41, 5.74) is 0. The molecule has 0 bridgehead atoms. The van der Waals surface area contributed by atoms with Gasteiger partial charge in [0, 0.05) is 30.4 Å². The predicted molar refractivity (Wildman–Crippen MR) is 51.0 cm³/mol. The average Bonchev–Trinajstić information content (AvgIpc) is 2.02. The van der Waals surface area contributed by atoms with Crippen LogP contribution in [0.1, 0.15) is 19.8 Å². The van der Waals surface area contributed by atoms with Crippen LogP contribution in [-0.2, 0) is 14.0 Å². The van der Waals surface area contributed by atoms with Gasteiger partial charge >= 0.3 is 0 Å². The summed E-state index contributed by atoms with van der Waals surface area (Å²) >= 11 is 0. The van der Waals surface area contributed by atoms with Crippen LogP contribution in [0.15, 0.2) is 0 Å². The molecule has 13 heavy (non-hydrogen) atoms. The molecule has 0 amide bonds. The number of halogens is 1. The van der Waals surface area contributed by atoms with Crippen molar-refractivity contribution in [3.8, 4) is 0 Å². The SMILES string of the molecule is CO[C@@H]1CCCN(S(=O)(=O)Cl)[C@@H]1C. The standard InChI is InChI=1S/C7H14ClNO3S/c1-6-7(12-2)4-3-5-9(6)13(8,10)11/h6-7H,3-5H2,1-2H3/t6-,7-/m1/s1. The minimum absolute atomic E-state index is 0.0396. The van der Waals surface area contributed by atoms with E-state index in [9.17, 15) is 8.42 Å². The molecule has 0 aromatic carbocycles. The lowest BCUT2D eigenvalue weighted by atomic mass is 10.0. The fraction of sp³-hybridized carbons (Fsp3) is 1.00. The van der Waals surface area contributed by atoms with E-state index in [1.807, 2.05) is 6.92 Å². The summed E-state index contributed by atoms with van der Waals surface area (Å²) in [5.74, 6) is 0. The van der Waals surface area contributed by atoms with Gasteiger partial charge in [-0.2, -0.15) is 12.7 Å².